The van der Waals surface area contributed by atoms with Gasteiger partial charge in [-0.1, -0.05) is 30.3 Å². The highest BCUT2D eigenvalue weighted by Crippen LogP contribution is 2.33. The summed E-state index contributed by atoms with van der Waals surface area (Å²) in [6, 6.07) is 10.5. The molecule has 1 fully saturated rings. The fourth-order valence-corrected chi connectivity index (χ4v) is 3.42. The summed E-state index contributed by atoms with van der Waals surface area (Å²) in [5, 5.41) is 20.4. The third kappa shape index (κ3) is 3.86. The fraction of sp³-hybridized carbons (Fsp3) is 0.316. The quantitative estimate of drug-likeness (QED) is 0.873. The SMILES string of the molecule is O=C(O)C(c1ccccc1F)N1CCC(O)(Cc2ccc(F)cc2)C1. The molecule has 4 nitrogen and oxygen atoms in total. The smallest absolute Gasteiger partial charge is 0.325 e. The molecule has 2 N–H and O–H groups in total. The molecule has 0 aromatic heterocycles. The van der Waals surface area contributed by atoms with Gasteiger partial charge in [0.1, 0.15) is 17.7 Å². The zero-order valence-corrected chi connectivity index (χ0v) is 13.5. The minimum Gasteiger partial charge on any atom is -0.480 e. The van der Waals surface area contributed by atoms with Gasteiger partial charge in [0.25, 0.3) is 0 Å². The minimum absolute atomic E-state index is 0.0843. The standard InChI is InChI=1S/C19H19F2NO3/c20-14-7-5-13(6-8-14)11-19(25)9-10-22(12-19)17(18(23)24)15-3-1-2-4-16(15)21/h1-8,17,25H,9-12H2,(H,23,24). The molecule has 0 bridgehead atoms. The molecular weight excluding hydrogens is 328 g/mol. The summed E-state index contributed by atoms with van der Waals surface area (Å²) in [6.45, 7) is 0.443. The predicted octanol–water partition coefficient (Wildman–Crippen LogP) is 2.77. The molecule has 132 valence electrons. The van der Waals surface area contributed by atoms with Crippen LogP contribution in [0.2, 0.25) is 0 Å². The van der Waals surface area contributed by atoms with E-state index in [0.717, 1.165) is 5.56 Å². The third-order valence-electron chi connectivity index (χ3n) is 4.61. The Labute approximate surface area is 144 Å². The molecule has 0 aliphatic carbocycles. The average Bonchev–Trinajstić information content (AvgIpc) is 2.93. The van der Waals surface area contributed by atoms with Crippen LogP contribution in [0.1, 0.15) is 23.6 Å². The molecule has 2 atom stereocenters. The Kier molecular flexibility index (Phi) is 4.83. The second kappa shape index (κ2) is 6.90. The van der Waals surface area contributed by atoms with Crippen LogP contribution in [0.15, 0.2) is 48.5 Å². The molecular formula is C19H19F2NO3. The van der Waals surface area contributed by atoms with Crippen molar-refractivity contribution in [2.75, 3.05) is 13.1 Å². The number of hydrogen-bond donors (Lipinski definition) is 2. The number of β-amino-alcohol motifs (C(OH)–C–C–N with tert-alkyl or cyclic N) is 1. The Bertz CT molecular complexity index is 766. The Balaban J connectivity index is 1.78. The Morgan fingerprint density at radius 2 is 1.84 bits per heavy atom. The molecule has 25 heavy (non-hydrogen) atoms. The summed E-state index contributed by atoms with van der Waals surface area (Å²) in [6.07, 6.45) is 0.649. The lowest BCUT2D eigenvalue weighted by molar-refractivity contribution is -0.143. The number of carboxylic acid groups (broad SMARTS) is 1. The van der Waals surface area contributed by atoms with Crippen molar-refractivity contribution in [3.63, 3.8) is 0 Å². The van der Waals surface area contributed by atoms with Crippen molar-refractivity contribution >= 4 is 5.97 Å². The van der Waals surface area contributed by atoms with E-state index in [1.807, 2.05) is 0 Å². The van der Waals surface area contributed by atoms with Crippen LogP contribution in [0.25, 0.3) is 0 Å². The van der Waals surface area contributed by atoms with Gasteiger partial charge in [0, 0.05) is 25.1 Å². The van der Waals surface area contributed by atoms with Crippen LogP contribution >= 0.6 is 0 Å². The number of nitrogens with zero attached hydrogens (tertiary/aromatic N) is 1. The maximum atomic E-state index is 14.0. The number of likely N-dealkylation sites (tertiary alicyclic amines) is 1. The van der Waals surface area contributed by atoms with Crippen molar-refractivity contribution in [2.45, 2.75) is 24.5 Å². The van der Waals surface area contributed by atoms with E-state index in [9.17, 15) is 23.8 Å². The summed E-state index contributed by atoms with van der Waals surface area (Å²) in [7, 11) is 0. The normalized spacial score (nSPS) is 22.0. The number of carboxylic acids is 1. The van der Waals surface area contributed by atoms with Crippen LogP contribution in [0.4, 0.5) is 8.78 Å². The van der Waals surface area contributed by atoms with Gasteiger partial charge in [-0.05, 0) is 30.2 Å². The number of benzene rings is 2. The van der Waals surface area contributed by atoms with Crippen LogP contribution in [-0.4, -0.2) is 39.8 Å². The van der Waals surface area contributed by atoms with E-state index in [2.05, 4.69) is 0 Å². The summed E-state index contributed by atoms with van der Waals surface area (Å²) >= 11 is 0. The van der Waals surface area contributed by atoms with Gasteiger partial charge in [-0.3, -0.25) is 9.69 Å². The number of rotatable bonds is 5. The van der Waals surface area contributed by atoms with Crippen LogP contribution in [0.3, 0.4) is 0 Å². The highest BCUT2D eigenvalue weighted by Gasteiger charge is 2.42. The maximum absolute atomic E-state index is 14.0. The number of carbonyl (C=O) groups is 1. The van der Waals surface area contributed by atoms with E-state index in [4.69, 9.17) is 0 Å². The number of aliphatic hydroxyl groups is 1. The lowest BCUT2D eigenvalue weighted by atomic mass is 9.93. The second-order valence-electron chi connectivity index (χ2n) is 6.51. The zero-order valence-electron chi connectivity index (χ0n) is 13.5. The molecule has 2 unspecified atom stereocenters. The Hall–Kier alpha value is -2.31. The summed E-state index contributed by atoms with van der Waals surface area (Å²) in [5.74, 6) is -2.09. The van der Waals surface area contributed by atoms with Crippen molar-refractivity contribution in [3.05, 3.63) is 71.3 Å². The first kappa shape index (κ1) is 17.5. The third-order valence-corrected chi connectivity index (χ3v) is 4.61. The van der Waals surface area contributed by atoms with E-state index < -0.39 is 23.4 Å². The molecule has 0 saturated carbocycles. The first-order chi connectivity index (χ1) is 11.9. The largest absolute Gasteiger partial charge is 0.480 e. The van der Waals surface area contributed by atoms with Crippen LogP contribution < -0.4 is 0 Å². The van der Waals surface area contributed by atoms with Crippen LogP contribution in [0, 0.1) is 11.6 Å². The molecule has 0 spiro atoms. The van der Waals surface area contributed by atoms with Crippen molar-refractivity contribution in [1.82, 2.24) is 4.90 Å². The molecule has 1 aliphatic heterocycles. The minimum atomic E-state index is -1.16. The molecule has 1 saturated heterocycles. The van der Waals surface area contributed by atoms with Gasteiger partial charge in [0.05, 0.1) is 5.60 Å². The first-order valence-corrected chi connectivity index (χ1v) is 8.06. The van der Waals surface area contributed by atoms with Crippen molar-refractivity contribution < 1.29 is 23.8 Å². The number of aliphatic carboxylic acids is 1. The van der Waals surface area contributed by atoms with E-state index in [-0.39, 0.29) is 24.3 Å². The van der Waals surface area contributed by atoms with E-state index >= 15 is 0 Å². The molecule has 0 radical (unpaired) electrons. The molecule has 0 amide bonds. The van der Waals surface area contributed by atoms with Crippen LogP contribution in [0.5, 0.6) is 0 Å². The molecule has 6 heteroatoms. The molecule has 1 heterocycles. The Morgan fingerprint density at radius 1 is 1.16 bits per heavy atom. The van der Waals surface area contributed by atoms with Gasteiger partial charge >= 0.3 is 5.97 Å². The second-order valence-corrected chi connectivity index (χ2v) is 6.51. The highest BCUT2D eigenvalue weighted by atomic mass is 19.1. The molecule has 2 aromatic rings. The fourth-order valence-electron chi connectivity index (χ4n) is 3.42. The molecule has 1 aliphatic rings. The van der Waals surface area contributed by atoms with Crippen molar-refractivity contribution in [1.29, 1.82) is 0 Å². The topological polar surface area (TPSA) is 60.8 Å². The van der Waals surface area contributed by atoms with Gasteiger partial charge in [0.15, 0.2) is 0 Å². The van der Waals surface area contributed by atoms with E-state index in [1.165, 1.54) is 30.3 Å². The van der Waals surface area contributed by atoms with Gasteiger partial charge in [0.2, 0.25) is 0 Å². The van der Waals surface area contributed by atoms with E-state index in [0.29, 0.717) is 13.0 Å². The van der Waals surface area contributed by atoms with Gasteiger partial charge in [-0.25, -0.2) is 8.78 Å². The van der Waals surface area contributed by atoms with Gasteiger partial charge in [-0.2, -0.15) is 0 Å². The summed E-state index contributed by atoms with van der Waals surface area (Å²) < 4.78 is 27.0. The Morgan fingerprint density at radius 3 is 2.48 bits per heavy atom. The summed E-state index contributed by atoms with van der Waals surface area (Å²) in [4.78, 5) is 13.3. The first-order valence-electron chi connectivity index (χ1n) is 8.06. The number of halogens is 2. The lowest BCUT2D eigenvalue weighted by Crippen LogP contribution is -2.39. The number of hydrogen-bond acceptors (Lipinski definition) is 3. The highest BCUT2D eigenvalue weighted by molar-refractivity contribution is 5.75. The lowest BCUT2D eigenvalue weighted by Gasteiger charge is -2.27. The monoisotopic (exact) mass is 347 g/mol. The van der Waals surface area contributed by atoms with Crippen molar-refractivity contribution in [3.8, 4) is 0 Å². The molecule has 2 aromatic carbocycles. The van der Waals surface area contributed by atoms with Gasteiger partial charge < -0.3 is 10.2 Å². The van der Waals surface area contributed by atoms with E-state index in [1.54, 1.807) is 23.1 Å². The van der Waals surface area contributed by atoms with Crippen molar-refractivity contribution in [2.24, 2.45) is 0 Å². The summed E-state index contributed by atoms with van der Waals surface area (Å²) in [5.41, 5.74) is -0.277. The predicted molar refractivity (Wildman–Crippen MR) is 88.0 cm³/mol. The van der Waals surface area contributed by atoms with Gasteiger partial charge in [-0.15, -0.1) is 0 Å². The molecule has 3 rings (SSSR count). The zero-order chi connectivity index (χ0) is 18.0. The average molecular weight is 347 g/mol. The van der Waals surface area contributed by atoms with Crippen LogP contribution in [-0.2, 0) is 11.2 Å². The maximum Gasteiger partial charge on any atom is 0.325 e.